The van der Waals surface area contributed by atoms with E-state index in [0.717, 1.165) is 12.8 Å². The van der Waals surface area contributed by atoms with E-state index in [0.29, 0.717) is 23.8 Å². The number of sulfonamides is 1. The topological polar surface area (TPSA) is 92.4 Å². The Kier molecular flexibility index (Phi) is 4.82. The monoisotopic (exact) mass is 332 g/mol. The highest BCUT2D eigenvalue weighted by Gasteiger charge is 2.33. The Hall–Kier alpha value is -0.820. The molecule has 4 N–H and O–H groups in total. The molecule has 0 aromatic heterocycles. The van der Waals surface area contributed by atoms with Crippen LogP contribution in [0.2, 0.25) is 5.02 Å². The molecule has 1 saturated carbocycles. The van der Waals surface area contributed by atoms with Gasteiger partial charge in [0, 0.05) is 11.6 Å². The maximum atomic E-state index is 12.3. The molecular formula is C14H21ClN2O3S. The van der Waals surface area contributed by atoms with Gasteiger partial charge >= 0.3 is 0 Å². The van der Waals surface area contributed by atoms with Crippen molar-refractivity contribution in [3.05, 3.63) is 23.2 Å². The summed E-state index contributed by atoms with van der Waals surface area (Å²) < 4.78 is 27.0. The van der Waals surface area contributed by atoms with Gasteiger partial charge in [0.15, 0.2) is 0 Å². The molecule has 1 aliphatic rings. The first kappa shape index (κ1) is 16.5. The normalized spacial score (nSPS) is 26.7. The summed E-state index contributed by atoms with van der Waals surface area (Å²) in [6, 6.07) is 4.30. The van der Waals surface area contributed by atoms with Crippen molar-refractivity contribution in [2.24, 2.45) is 5.92 Å². The van der Waals surface area contributed by atoms with E-state index < -0.39 is 15.6 Å². The zero-order valence-corrected chi connectivity index (χ0v) is 13.5. The van der Waals surface area contributed by atoms with Crippen molar-refractivity contribution in [1.82, 2.24) is 4.72 Å². The first-order valence-electron chi connectivity index (χ1n) is 6.99. The smallest absolute Gasteiger partial charge is 0.242 e. The van der Waals surface area contributed by atoms with Crippen LogP contribution in [0.1, 0.15) is 32.6 Å². The zero-order valence-electron chi connectivity index (χ0n) is 12.0. The molecule has 0 atom stereocenters. The van der Waals surface area contributed by atoms with Crippen LogP contribution in [0.3, 0.4) is 0 Å². The fourth-order valence-electron chi connectivity index (χ4n) is 2.52. The summed E-state index contributed by atoms with van der Waals surface area (Å²) in [5.74, 6) is 0.574. The Morgan fingerprint density at radius 3 is 2.67 bits per heavy atom. The molecule has 0 unspecified atom stereocenters. The fourth-order valence-corrected chi connectivity index (χ4v) is 4.04. The number of nitrogens with one attached hydrogen (secondary N) is 1. The summed E-state index contributed by atoms with van der Waals surface area (Å²) in [6.07, 6.45) is 3.00. The molecule has 1 fully saturated rings. The quantitative estimate of drug-likeness (QED) is 0.736. The molecule has 1 aromatic carbocycles. The number of nitrogens with two attached hydrogens (primary N) is 1. The lowest BCUT2D eigenvalue weighted by Crippen LogP contribution is -2.45. The van der Waals surface area contributed by atoms with Gasteiger partial charge in [-0.2, -0.15) is 0 Å². The molecule has 5 nitrogen and oxygen atoms in total. The first-order valence-corrected chi connectivity index (χ1v) is 8.85. The van der Waals surface area contributed by atoms with E-state index in [4.69, 9.17) is 17.3 Å². The third-order valence-electron chi connectivity index (χ3n) is 4.06. The van der Waals surface area contributed by atoms with Crippen LogP contribution >= 0.6 is 11.6 Å². The third-order valence-corrected chi connectivity index (χ3v) is 5.75. The van der Waals surface area contributed by atoms with E-state index in [2.05, 4.69) is 11.6 Å². The number of halogens is 1. The number of anilines is 1. The summed E-state index contributed by atoms with van der Waals surface area (Å²) in [5.41, 5.74) is 4.85. The van der Waals surface area contributed by atoms with Crippen LogP contribution in [0.25, 0.3) is 0 Å². The molecule has 21 heavy (non-hydrogen) atoms. The van der Waals surface area contributed by atoms with Gasteiger partial charge < -0.3 is 10.8 Å². The Balaban J connectivity index is 2.09. The van der Waals surface area contributed by atoms with Crippen molar-refractivity contribution >= 4 is 27.3 Å². The highest BCUT2D eigenvalue weighted by molar-refractivity contribution is 7.89. The Bertz CT molecular complexity index is 611. The van der Waals surface area contributed by atoms with Gasteiger partial charge in [0.2, 0.25) is 10.0 Å². The predicted molar refractivity (Wildman–Crippen MR) is 83.6 cm³/mol. The SMILES string of the molecule is CC1CCC(O)(CNS(=O)(=O)c2cc(Cl)ccc2N)CC1. The molecule has 0 saturated heterocycles. The number of hydrogen-bond acceptors (Lipinski definition) is 4. The second kappa shape index (κ2) is 6.12. The van der Waals surface area contributed by atoms with Crippen molar-refractivity contribution < 1.29 is 13.5 Å². The van der Waals surface area contributed by atoms with E-state index in [1.165, 1.54) is 18.2 Å². The largest absolute Gasteiger partial charge is 0.398 e. The van der Waals surface area contributed by atoms with Gasteiger partial charge in [0.25, 0.3) is 0 Å². The summed E-state index contributed by atoms with van der Waals surface area (Å²) in [7, 11) is -3.78. The van der Waals surface area contributed by atoms with E-state index in [1.54, 1.807) is 0 Å². The van der Waals surface area contributed by atoms with Crippen LogP contribution in [0, 0.1) is 5.92 Å². The lowest BCUT2D eigenvalue weighted by molar-refractivity contribution is -0.00182. The summed E-state index contributed by atoms with van der Waals surface area (Å²) in [6.45, 7) is 2.13. The average Bonchev–Trinajstić information content (AvgIpc) is 2.43. The van der Waals surface area contributed by atoms with Crippen LogP contribution in [0.15, 0.2) is 23.1 Å². The Labute approximate surface area is 130 Å². The first-order chi connectivity index (χ1) is 9.72. The molecule has 0 spiro atoms. The molecule has 118 valence electrons. The van der Waals surface area contributed by atoms with Crippen molar-refractivity contribution in [3.8, 4) is 0 Å². The van der Waals surface area contributed by atoms with Gasteiger partial charge in [0.05, 0.1) is 11.3 Å². The van der Waals surface area contributed by atoms with Gasteiger partial charge in [-0.25, -0.2) is 13.1 Å². The molecule has 2 rings (SSSR count). The van der Waals surface area contributed by atoms with Crippen LogP contribution in [0.5, 0.6) is 0 Å². The number of nitrogen functional groups attached to an aromatic ring is 1. The molecule has 1 aromatic rings. The molecule has 1 aliphatic carbocycles. The fraction of sp³-hybridized carbons (Fsp3) is 0.571. The standard InChI is InChI=1S/C14H21ClN2O3S/c1-10-4-6-14(18,7-5-10)9-17-21(19,20)13-8-11(15)2-3-12(13)16/h2-3,8,10,17-18H,4-7,9,16H2,1H3. The second-order valence-corrected chi connectivity index (χ2v) is 8.09. The number of aliphatic hydroxyl groups is 1. The minimum atomic E-state index is -3.78. The van der Waals surface area contributed by atoms with Crippen LogP contribution in [0.4, 0.5) is 5.69 Å². The van der Waals surface area contributed by atoms with Gasteiger partial charge in [0.1, 0.15) is 4.90 Å². The van der Waals surface area contributed by atoms with Gasteiger partial charge in [-0.3, -0.25) is 0 Å². The average molecular weight is 333 g/mol. The number of hydrogen-bond donors (Lipinski definition) is 3. The minimum Gasteiger partial charge on any atom is -0.398 e. The maximum Gasteiger partial charge on any atom is 0.242 e. The van der Waals surface area contributed by atoms with Crippen molar-refractivity contribution in [3.63, 3.8) is 0 Å². The third kappa shape index (κ3) is 4.10. The lowest BCUT2D eigenvalue weighted by Gasteiger charge is -2.34. The van der Waals surface area contributed by atoms with Crippen molar-refractivity contribution in [2.45, 2.75) is 43.1 Å². The Morgan fingerprint density at radius 1 is 1.43 bits per heavy atom. The lowest BCUT2D eigenvalue weighted by atomic mass is 9.80. The van der Waals surface area contributed by atoms with Gasteiger partial charge in [-0.1, -0.05) is 18.5 Å². The molecule has 0 aliphatic heterocycles. The predicted octanol–water partition coefficient (Wildman–Crippen LogP) is 2.14. The molecular weight excluding hydrogens is 312 g/mol. The molecule has 0 bridgehead atoms. The van der Waals surface area contributed by atoms with E-state index >= 15 is 0 Å². The number of rotatable bonds is 4. The van der Waals surface area contributed by atoms with E-state index in [9.17, 15) is 13.5 Å². The van der Waals surface area contributed by atoms with Crippen molar-refractivity contribution in [1.29, 1.82) is 0 Å². The van der Waals surface area contributed by atoms with Crippen LogP contribution in [-0.2, 0) is 10.0 Å². The second-order valence-electron chi connectivity index (χ2n) is 5.91. The highest BCUT2D eigenvalue weighted by Crippen LogP contribution is 2.32. The van der Waals surface area contributed by atoms with Crippen molar-refractivity contribution in [2.75, 3.05) is 12.3 Å². The molecule has 0 radical (unpaired) electrons. The zero-order chi connectivity index (χ0) is 15.7. The van der Waals surface area contributed by atoms with E-state index in [-0.39, 0.29) is 17.1 Å². The van der Waals surface area contributed by atoms with Crippen LogP contribution < -0.4 is 10.5 Å². The highest BCUT2D eigenvalue weighted by atomic mass is 35.5. The van der Waals surface area contributed by atoms with Crippen LogP contribution in [-0.4, -0.2) is 25.7 Å². The molecule has 0 heterocycles. The van der Waals surface area contributed by atoms with Gasteiger partial charge in [-0.05, 0) is 49.8 Å². The summed E-state index contributed by atoms with van der Waals surface area (Å²) in [4.78, 5) is -0.0530. The minimum absolute atomic E-state index is 0.00595. The van der Waals surface area contributed by atoms with Gasteiger partial charge in [-0.15, -0.1) is 0 Å². The Morgan fingerprint density at radius 2 is 2.05 bits per heavy atom. The number of benzene rings is 1. The molecule has 7 heteroatoms. The summed E-state index contributed by atoms with van der Waals surface area (Å²) in [5, 5.41) is 10.7. The summed E-state index contributed by atoms with van der Waals surface area (Å²) >= 11 is 5.82. The van der Waals surface area contributed by atoms with E-state index in [1.807, 2.05) is 0 Å². The maximum absolute atomic E-state index is 12.3. The molecule has 0 amide bonds.